The van der Waals surface area contributed by atoms with Crippen LogP contribution in [-0.2, 0) is 14.8 Å². The van der Waals surface area contributed by atoms with Crippen molar-refractivity contribution < 1.29 is 13.2 Å². The van der Waals surface area contributed by atoms with E-state index in [9.17, 15) is 13.2 Å². The Morgan fingerprint density at radius 1 is 1.12 bits per heavy atom. The van der Waals surface area contributed by atoms with Crippen LogP contribution in [0.5, 0.6) is 0 Å². The van der Waals surface area contributed by atoms with E-state index in [0.29, 0.717) is 11.4 Å². The SMILES string of the molecule is Cc1cccc(NC(=O)CN(c2c(C)cccc2C(C)C)S(C)(=O)=O)c1. The van der Waals surface area contributed by atoms with Crippen LogP contribution in [0.2, 0.25) is 0 Å². The van der Waals surface area contributed by atoms with Gasteiger partial charge < -0.3 is 5.32 Å². The average Bonchev–Trinajstić information content (AvgIpc) is 2.51. The van der Waals surface area contributed by atoms with Crippen molar-refractivity contribution in [3.8, 4) is 0 Å². The van der Waals surface area contributed by atoms with E-state index in [1.165, 1.54) is 4.31 Å². The van der Waals surface area contributed by atoms with Gasteiger partial charge in [-0.3, -0.25) is 9.10 Å². The number of aryl methyl sites for hydroxylation is 2. The van der Waals surface area contributed by atoms with Crippen molar-refractivity contribution >= 4 is 27.3 Å². The number of carbonyl (C=O) groups is 1. The lowest BCUT2D eigenvalue weighted by atomic mass is 9.98. The predicted molar refractivity (Wildman–Crippen MR) is 107 cm³/mol. The maximum atomic E-state index is 12.5. The molecule has 0 aromatic heterocycles. The fourth-order valence-electron chi connectivity index (χ4n) is 2.90. The standard InChI is InChI=1S/C20H26N2O3S/c1-14(2)18-11-7-9-16(4)20(18)22(26(5,24)25)13-19(23)21-17-10-6-8-15(3)12-17/h6-12,14H,13H2,1-5H3,(H,21,23). The van der Waals surface area contributed by atoms with Gasteiger partial charge in [0.25, 0.3) is 0 Å². The Morgan fingerprint density at radius 2 is 1.77 bits per heavy atom. The quantitative estimate of drug-likeness (QED) is 0.835. The lowest BCUT2D eigenvalue weighted by Gasteiger charge is -2.27. The van der Waals surface area contributed by atoms with Crippen molar-refractivity contribution in [2.75, 3.05) is 22.4 Å². The van der Waals surface area contributed by atoms with Gasteiger partial charge in [-0.2, -0.15) is 0 Å². The zero-order valence-electron chi connectivity index (χ0n) is 15.9. The molecule has 2 aromatic rings. The number of para-hydroxylation sites is 1. The Labute approximate surface area is 156 Å². The molecule has 5 nitrogen and oxygen atoms in total. The Bertz CT molecular complexity index is 905. The van der Waals surface area contributed by atoms with Crippen LogP contribution in [0.1, 0.15) is 36.5 Å². The molecule has 26 heavy (non-hydrogen) atoms. The van der Waals surface area contributed by atoms with Gasteiger partial charge in [-0.05, 0) is 48.6 Å². The highest BCUT2D eigenvalue weighted by molar-refractivity contribution is 7.92. The average molecular weight is 375 g/mol. The van der Waals surface area contributed by atoms with Gasteiger partial charge in [-0.15, -0.1) is 0 Å². The van der Waals surface area contributed by atoms with E-state index in [4.69, 9.17) is 0 Å². The summed E-state index contributed by atoms with van der Waals surface area (Å²) < 4.78 is 26.1. The zero-order chi connectivity index (χ0) is 19.5. The van der Waals surface area contributed by atoms with Gasteiger partial charge >= 0.3 is 0 Å². The number of carbonyl (C=O) groups excluding carboxylic acids is 1. The molecule has 1 amide bonds. The van der Waals surface area contributed by atoms with Gasteiger partial charge in [0.1, 0.15) is 6.54 Å². The lowest BCUT2D eigenvalue weighted by Crippen LogP contribution is -2.38. The molecule has 6 heteroatoms. The first-order chi connectivity index (χ1) is 12.1. The summed E-state index contributed by atoms with van der Waals surface area (Å²) in [7, 11) is -3.62. The Balaban J connectivity index is 2.37. The largest absolute Gasteiger partial charge is 0.325 e. The van der Waals surface area contributed by atoms with Gasteiger partial charge in [-0.25, -0.2) is 8.42 Å². The van der Waals surface area contributed by atoms with Gasteiger partial charge in [0.2, 0.25) is 15.9 Å². The monoisotopic (exact) mass is 374 g/mol. The number of amides is 1. The fraction of sp³-hybridized carbons (Fsp3) is 0.350. The summed E-state index contributed by atoms with van der Waals surface area (Å²) in [5.74, 6) is -0.243. The molecule has 0 fully saturated rings. The van der Waals surface area contributed by atoms with Gasteiger partial charge in [0, 0.05) is 5.69 Å². The molecular weight excluding hydrogens is 348 g/mol. The Kier molecular flexibility index (Phi) is 6.08. The number of sulfonamides is 1. The highest BCUT2D eigenvalue weighted by atomic mass is 32.2. The first kappa shape index (κ1) is 20.0. The third-order valence-corrected chi connectivity index (χ3v) is 5.24. The van der Waals surface area contributed by atoms with E-state index in [1.807, 2.05) is 64.1 Å². The topological polar surface area (TPSA) is 66.5 Å². The number of rotatable bonds is 6. The molecule has 2 aromatic carbocycles. The molecule has 0 saturated heterocycles. The summed E-state index contributed by atoms with van der Waals surface area (Å²) in [6.45, 7) is 7.53. The lowest BCUT2D eigenvalue weighted by molar-refractivity contribution is -0.114. The summed E-state index contributed by atoms with van der Waals surface area (Å²) in [5, 5.41) is 2.78. The van der Waals surface area contributed by atoms with Crippen molar-refractivity contribution in [1.82, 2.24) is 0 Å². The van der Waals surface area contributed by atoms with E-state index in [0.717, 1.165) is 22.9 Å². The molecule has 0 spiro atoms. The van der Waals surface area contributed by atoms with E-state index >= 15 is 0 Å². The number of benzene rings is 2. The van der Waals surface area contributed by atoms with Crippen molar-refractivity contribution in [1.29, 1.82) is 0 Å². The third-order valence-electron chi connectivity index (χ3n) is 4.13. The molecule has 2 rings (SSSR count). The molecule has 0 radical (unpaired) electrons. The maximum Gasteiger partial charge on any atom is 0.245 e. The zero-order valence-corrected chi connectivity index (χ0v) is 16.7. The maximum absolute atomic E-state index is 12.5. The summed E-state index contributed by atoms with van der Waals surface area (Å²) in [5.41, 5.74) is 3.98. The summed E-state index contributed by atoms with van der Waals surface area (Å²) >= 11 is 0. The van der Waals surface area contributed by atoms with Crippen LogP contribution in [0, 0.1) is 13.8 Å². The number of nitrogens with zero attached hydrogens (tertiary/aromatic N) is 1. The van der Waals surface area contributed by atoms with E-state index < -0.39 is 10.0 Å². The first-order valence-electron chi connectivity index (χ1n) is 8.53. The number of nitrogens with one attached hydrogen (secondary N) is 1. The molecule has 0 heterocycles. The minimum atomic E-state index is -3.62. The van der Waals surface area contributed by atoms with E-state index in [1.54, 1.807) is 6.07 Å². The summed E-state index contributed by atoms with van der Waals surface area (Å²) in [6, 6.07) is 13.1. The Morgan fingerprint density at radius 3 is 2.35 bits per heavy atom. The number of hydrogen-bond donors (Lipinski definition) is 1. The third kappa shape index (κ3) is 4.85. The molecule has 0 bridgehead atoms. The highest BCUT2D eigenvalue weighted by Crippen LogP contribution is 2.32. The second-order valence-electron chi connectivity index (χ2n) is 6.85. The minimum absolute atomic E-state index is 0.133. The first-order valence-corrected chi connectivity index (χ1v) is 10.4. The fourth-order valence-corrected chi connectivity index (χ4v) is 3.84. The Hall–Kier alpha value is -2.34. The highest BCUT2D eigenvalue weighted by Gasteiger charge is 2.25. The van der Waals surface area contributed by atoms with Crippen LogP contribution in [0.3, 0.4) is 0 Å². The molecular formula is C20H26N2O3S. The molecule has 0 atom stereocenters. The van der Waals surface area contributed by atoms with Crippen LogP contribution >= 0.6 is 0 Å². The summed E-state index contributed by atoms with van der Waals surface area (Å²) in [6.07, 6.45) is 1.13. The molecule has 0 aliphatic rings. The van der Waals surface area contributed by atoms with Gasteiger partial charge in [0.15, 0.2) is 0 Å². The number of anilines is 2. The molecule has 1 N–H and O–H groups in total. The second-order valence-corrected chi connectivity index (χ2v) is 8.76. The second kappa shape index (κ2) is 7.91. The van der Waals surface area contributed by atoms with E-state index in [2.05, 4.69) is 5.32 Å². The minimum Gasteiger partial charge on any atom is -0.325 e. The molecule has 0 saturated carbocycles. The van der Waals surface area contributed by atoms with Crippen LogP contribution in [-0.4, -0.2) is 27.1 Å². The number of hydrogen-bond acceptors (Lipinski definition) is 3. The van der Waals surface area contributed by atoms with Crippen LogP contribution < -0.4 is 9.62 Å². The van der Waals surface area contributed by atoms with E-state index in [-0.39, 0.29) is 18.4 Å². The van der Waals surface area contributed by atoms with Crippen LogP contribution in [0.4, 0.5) is 11.4 Å². The van der Waals surface area contributed by atoms with Crippen molar-refractivity contribution in [3.63, 3.8) is 0 Å². The van der Waals surface area contributed by atoms with Gasteiger partial charge in [0.05, 0.1) is 11.9 Å². The molecule has 0 aliphatic carbocycles. The van der Waals surface area contributed by atoms with Crippen LogP contribution in [0.15, 0.2) is 42.5 Å². The van der Waals surface area contributed by atoms with Crippen molar-refractivity contribution in [2.45, 2.75) is 33.6 Å². The van der Waals surface area contributed by atoms with Crippen molar-refractivity contribution in [3.05, 3.63) is 59.2 Å². The molecule has 0 aliphatic heterocycles. The molecule has 0 unspecified atom stereocenters. The summed E-state index contributed by atoms with van der Waals surface area (Å²) in [4.78, 5) is 12.5. The van der Waals surface area contributed by atoms with Crippen molar-refractivity contribution in [2.24, 2.45) is 0 Å². The predicted octanol–water partition coefficient (Wildman–Crippen LogP) is 3.83. The normalized spacial score (nSPS) is 11.5. The van der Waals surface area contributed by atoms with Gasteiger partial charge in [-0.1, -0.05) is 44.2 Å². The smallest absolute Gasteiger partial charge is 0.245 e. The van der Waals surface area contributed by atoms with Crippen LogP contribution in [0.25, 0.3) is 0 Å². The molecule has 140 valence electrons.